The Bertz CT molecular complexity index is 943. The predicted molar refractivity (Wildman–Crippen MR) is 104 cm³/mol. The Hall–Kier alpha value is -3.09. The molecule has 7 nitrogen and oxygen atoms in total. The standard InChI is InChI=1S/C20H23N5O2/c1-14-3-8-19-18(13-14)22-23-25(19)16-9-11-24(12-10-16)20(26)21-15-4-6-17(27-2)7-5-15/h3-8,13,16H,9-12H2,1-2H3,(H,21,26). The number of benzene rings is 2. The van der Waals surface area contributed by atoms with Crippen LogP contribution in [0.2, 0.25) is 0 Å². The summed E-state index contributed by atoms with van der Waals surface area (Å²) < 4.78 is 7.15. The molecule has 2 heterocycles. The molecule has 0 saturated carbocycles. The average Bonchev–Trinajstić information content (AvgIpc) is 3.11. The number of fused-ring (bicyclic) bond motifs is 1. The summed E-state index contributed by atoms with van der Waals surface area (Å²) in [6.45, 7) is 3.44. The third-order valence-electron chi connectivity index (χ3n) is 5.07. The van der Waals surface area contributed by atoms with Crippen LogP contribution in [0.15, 0.2) is 42.5 Å². The van der Waals surface area contributed by atoms with Crippen LogP contribution in [0.3, 0.4) is 0 Å². The van der Waals surface area contributed by atoms with E-state index in [-0.39, 0.29) is 12.1 Å². The Labute approximate surface area is 157 Å². The molecule has 2 aromatic carbocycles. The van der Waals surface area contributed by atoms with Gasteiger partial charge >= 0.3 is 6.03 Å². The number of piperidine rings is 1. The van der Waals surface area contributed by atoms with Gasteiger partial charge in [-0.1, -0.05) is 11.3 Å². The smallest absolute Gasteiger partial charge is 0.321 e. The highest BCUT2D eigenvalue weighted by atomic mass is 16.5. The number of aromatic nitrogens is 3. The van der Waals surface area contributed by atoms with Crippen LogP contribution in [-0.4, -0.2) is 46.1 Å². The lowest BCUT2D eigenvalue weighted by molar-refractivity contribution is 0.181. The van der Waals surface area contributed by atoms with Gasteiger partial charge in [0.2, 0.25) is 0 Å². The van der Waals surface area contributed by atoms with E-state index in [0.717, 1.165) is 35.3 Å². The quantitative estimate of drug-likeness (QED) is 0.769. The summed E-state index contributed by atoms with van der Waals surface area (Å²) in [6.07, 6.45) is 1.73. The first kappa shape index (κ1) is 17.3. The van der Waals surface area contributed by atoms with Gasteiger partial charge in [-0.15, -0.1) is 5.10 Å². The van der Waals surface area contributed by atoms with Crippen molar-refractivity contribution >= 4 is 22.8 Å². The first-order valence-corrected chi connectivity index (χ1v) is 9.15. The molecule has 1 saturated heterocycles. The van der Waals surface area contributed by atoms with E-state index in [1.54, 1.807) is 7.11 Å². The molecule has 1 aromatic heterocycles. The van der Waals surface area contributed by atoms with Gasteiger partial charge in [-0.2, -0.15) is 0 Å². The van der Waals surface area contributed by atoms with E-state index < -0.39 is 0 Å². The number of hydrogen-bond acceptors (Lipinski definition) is 4. The van der Waals surface area contributed by atoms with Gasteiger partial charge in [0, 0.05) is 18.8 Å². The predicted octanol–water partition coefficient (Wildman–Crippen LogP) is 3.62. The van der Waals surface area contributed by atoms with Crippen molar-refractivity contribution < 1.29 is 9.53 Å². The van der Waals surface area contributed by atoms with Crippen molar-refractivity contribution in [3.05, 3.63) is 48.0 Å². The molecular weight excluding hydrogens is 342 g/mol. The van der Waals surface area contributed by atoms with E-state index in [4.69, 9.17) is 4.74 Å². The second kappa shape index (κ2) is 7.26. The fraction of sp³-hybridized carbons (Fsp3) is 0.350. The number of methoxy groups -OCH3 is 1. The number of carbonyl (C=O) groups excluding carboxylic acids is 1. The topological polar surface area (TPSA) is 72.3 Å². The van der Waals surface area contributed by atoms with Gasteiger partial charge in [-0.05, 0) is 61.7 Å². The number of aryl methyl sites for hydroxylation is 1. The lowest BCUT2D eigenvalue weighted by Gasteiger charge is -2.32. The minimum atomic E-state index is -0.0716. The third kappa shape index (κ3) is 3.58. The van der Waals surface area contributed by atoms with E-state index in [2.05, 4.69) is 40.8 Å². The monoisotopic (exact) mass is 365 g/mol. The van der Waals surface area contributed by atoms with Crippen molar-refractivity contribution in [1.29, 1.82) is 0 Å². The Morgan fingerprint density at radius 3 is 2.59 bits per heavy atom. The second-order valence-electron chi connectivity index (χ2n) is 6.90. The van der Waals surface area contributed by atoms with Crippen LogP contribution in [0, 0.1) is 6.92 Å². The molecule has 0 radical (unpaired) electrons. The number of urea groups is 1. The van der Waals surface area contributed by atoms with E-state index >= 15 is 0 Å². The minimum absolute atomic E-state index is 0.0716. The maximum Gasteiger partial charge on any atom is 0.321 e. The Balaban J connectivity index is 1.38. The normalized spacial score (nSPS) is 15.1. The van der Waals surface area contributed by atoms with Gasteiger partial charge in [0.1, 0.15) is 11.3 Å². The van der Waals surface area contributed by atoms with Gasteiger partial charge in [0.25, 0.3) is 0 Å². The van der Waals surface area contributed by atoms with Crippen LogP contribution in [-0.2, 0) is 0 Å². The number of carbonyl (C=O) groups is 1. The van der Waals surface area contributed by atoms with Gasteiger partial charge in [0.05, 0.1) is 18.7 Å². The second-order valence-corrected chi connectivity index (χ2v) is 6.90. The number of rotatable bonds is 3. The van der Waals surface area contributed by atoms with E-state index in [1.165, 1.54) is 5.56 Å². The SMILES string of the molecule is COc1ccc(NC(=O)N2CCC(n3nnc4cc(C)ccc43)CC2)cc1. The number of ether oxygens (including phenoxy) is 1. The van der Waals surface area contributed by atoms with Crippen LogP contribution in [0.25, 0.3) is 11.0 Å². The number of nitrogens with one attached hydrogen (secondary N) is 1. The van der Waals surface area contributed by atoms with Crippen molar-refractivity contribution in [2.45, 2.75) is 25.8 Å². The van der Waals surface area contributed by atoms with Crippen LogP contribution >= 0.6 is 0 Å². The largest absolute Gasteiger partial charge is 0.497 e. The van der Waals surface area contributed by atoms with Crippen molar-refractivity contribution in [3.8, 4) is 5.75 Å². The summed E-state index contributed by atoms with van der Waals surface area (Å²) in [5.41, 5.74) is 3.93. The number of anilines is 1. The summed E-state index contributed by atoms with van der Waals surface area (Å²) in [6, 6.07) is 13.8. The lowest BCUT2D eigenvalue weighted by atomic mass is 10.1. The zero-order chi connectivity index (χ0) is 18.8. The molecular formula is C20H23N5O2. The molecule has 0 aliphatic carbocycles. The highest BCUT2D eigenvalue weighted by Gasteiger charge is 2.25. The zero-order valence-electron chi connectivity index (χ0n) is 15.6. The lowest BCUT2D eigenvalue weighted by Crippen LogP contribution is -2.41. The summed E-state index contributed by atoms with van der Waals surface area (Å²) in [5, 5.41) is 11.6. The molecule has 1 aliphatic heterocycles. The van der Waals surface area contributed by atoms with Gasteiger partial charge < -0.3 is 15.0 Å². The molecule has 1 N–H and O–H groups in total. The Morgan fingerprint density at radius 1 is 1.15 bits per heavy atom. The van der Waals surface area contributed by atoms with Crippen LogP contribution in [0.5, 0.6) is 5.75 Å². The molecule has 140 valence electrons. The third-order valence-corrected chi connectivity index (χ3v) is 5.07. The zero-order valence-corrected chi connectivity index (χ0v) is 15.6. The van der Waals surface area contributed by atoms with Crippen LogP contribution < -0.4 is 10.1 Å². The first-order chi connectivity index (χ1) is 13.1. The van der Waals surface area contributed by atoms with E-state index in [1.807, 2.05) is 33.8 Å². The number of hydrogen-bond donors (Lipinski definition) is 1. The minimum Gasteiger partial charge on any atom is -0.497 e. The van der Waals surface area contributed by atoms with Crippen LogP contribution in [0.4, 0.5) is 10.5 Å². The Kier molecular flexibility index (Phi) is 4.66. The average molecular weight is 365 g/mol. The fourth-order valence-electron chi connectivity index (χ4n) is 3.51. The molecule has 1 aliphatic rings. The van der Waals surface area contributed by atoms with Crippen molar-refractivity contribution in [3.63, 3.8) is 0 Å². The highest BCUT2D eigenvalue weighted by Crippen LogP contribution is 2.26. The molecule has 3 aromatic rings. The summed E-state index contributed by atoms with van der Waals surface area (Å²) in [7, 11) is 1.62. The van der Waals surface area contributed by atoms with E-state index in [0.29, 0.717) is 13.1 Å². The van der Waals surface area contributed by atoms with Crippen LogP contribution in [0.1, 0.15) is 24.4 Å². The summed E-state index contributed by atoms with van der Waals surface area (Å²) in [4.78, 5) is 14.4. The summed E-state index contributed by atoms with van der Waals surface area (Å²) >= 11 is 0. The number of nitrogens with zero attached hydrogens (tertiary/aromatic N) is 4. The van der Waals surface area contributed by atoms with Crippen molar-refractivity contribution in [2.24, 2.45) is 0 Å². The highest BCUT2D eigenvalue weighted by molar-refractivity contribution is 5.89. The molecule has 27 heavy (non-hydrogen) atoms. The van der Waals surface area contributed by atoms with Gasteiger partial charge in [0.15, 0.2) is 0 Å². The fourth-order valence-corrected chi connectivity index (χ4v) is 3.51. The first-order valence-electron chi connectivity index (χ1n) is 9.15. The number of likely N-dealkylation sites (tertiary alicyclic amines) is 1. The molecule has 4 rings (SSSR count). The molecule has 2 amide bonds. The Morgan fingerprint density at radius 2 is 1.89 bits per heavy atom. The van der Waals surface area contributed by atoms with Gasteiger partial charge in [-0.3, -0.25) is 0 Å². The van der Waals surface area contributed by atoms with E-state index in [9.17, 15) is 4.79 Å². The summed E-state index contributed by atoms with van der Waals surface area (Å²) in [5.74, 6) is 0.768. The maximum absolute atomic E-state index is 12.5. The molecule has 1 fully saturated rings. The van der Waals surface area contributed by atoms with Crippen molar-refractivity contribution in [1.82, 2.24) is 19.9 Å². The molecule has 7 heteroatoms. The van der Waals surface area contributed by atoms with Gasteiger partial charge in [-0.25, -0.2) is 9.48 Å². The molecule has 0 unspecified atom stereocenters. The maximum atomic E-state index is 12.5. The molecule has 0 bridgehead atoms. The molecule has 0 atom stereocenters. The van der Waals surface area contributed by atoms with Crippen molar-refractivity contribution in [2.75, 3.05) is 25.5 Å². The number of amides is 2. The molecule has 0 spiro atoms.